The number of thiocarbonyl (C=S) groups is 1. The van der Waals surface area contributed by atoms with Gasteiger partial charge in [0, 0.05) is 0 Å². The molecular formula is C3H10N2O3S2. The molecule has 0 aliphatic heterocycles. The van der Waals surface area contributed by atoms with Gasteiger partial charge in [0.1, 0.15) is 0 Å². The molecule has 0 saturated carbocycles. The lowest BCUT2D eigenvalue weighted by molar-refractivity contribution is 0.403. The maximum atomic E-state index is 9.78. The van der Waals surface area contributed by atoms with Crippen LogP contribution in [-0.4, -0.2) is 26.9 Å². The molecular weight excluding hydrogens is 176 g/mol. The van der Waals surface area contributed by atoms with Gasteiger partial charge in [0.25, 0.3) is 10.1 Å². The van der Waals surface area contributed by atoms with E-state index in [0.29, 0.717) is 0 Å². The molecule has 0 radical (unpaired) electrons. The summed E-state index contributed by atoms with van der Waals surface area (Å²) in [5, 5.41) is 0.000000000000000222. The maximum Gasteiger partial charge on any atom is 0.264 e. The summed E-state index contributed by atoms with van der Waals surface area (Å²) >= 11 is 4.09. The van der Waals surface area contributed by atoms with E-state index in [-0.39, 0.29) is 5.11 Å². The van der Waals surface area contributed by atoms with Crippen molar-refractivity contribution in [2.45, 2.75) is 0 Å². The van der Waals surface area contributed by atoms with Gasteiger partial charge in [-0.05, 0) is 12.2 Å². The zero-order chi connectivity index (χ0) is 8.78. The minimum Gasteiger partial charge on any atom is -0.377 e. The number of hydrogen-bond acceptors (Lipinski definition) is 4. The second-order valence-electron chi connectivity index (χ2n) is 1.27. The van der Waals surface area contributed by atoms with Gasteiger partial charge in [-0.3, -0.25) is 4.18 Å². The van der Waals surface area contributed by atoms with E-state index in [0.717, 1.165) is 13.4 Å². The Kier molecular flexibility index (Phi) is 6.63. The van der Waals surface area contributed by atoms with Gasteiger partial charge < -0.3 is 11.5 Å². The lowest BCUT2D eigenvalue weighted by Gasteiger charge is -1.84. The molecule has 0 fully saturated rings. The summed E-state index contributed by atoms with van der Waals surface area (Å²) in [7, 11) is -2.04. The van der Waals surface area contributed by atoms with E-state index in [1.165, 1.54) is 0 Å². The zero-order valence-electron chi connectivity index (χ0n) is 5.70. The number of hydrogen-bond donors (Lipinski definition) is 2. The highest BCUT2D eigenvalue weighted by molar-refractivity contribution is 7.85. The molecule has 0 aliphatic rings. The minimum atomic E-state index is -3.16. The smallest absolute Gasteiger partial charge is 0.264 e. The molecule has 0 unspecified atom stereocenters. The lowest BCUT2D eigenvalue weighted by atomic mass is 11.3. The zero-order valence-corrected chi connectivity index (χ0v) is 7.33. The van der Waals surface area contributed by atoms with Gasteiger partial charge in [-0.1, -0.05) is 0 Å². The van der Waals surface area contributed by atoms with Crippen molar-refractivity contribution in [1.82, 2.24) is 0 Å². The van der Waals surface area contributed by atoms with Crippen LogP contribution in [0.2, 0.25) is 0 Å². The van der Waals surface area contributed by atoms with Crippen LogP contribution < -0.4 is 11.5 Å². The van der Waals surface area contributed by atoms with Crippen molar-refractivity contribution in [2.75, 3.05) is 13.4 Å². The van der Waals surface area contributed by atoms with Crippen LogP contribution in [0.25, 0.3) is 0 Å². The molecule has 0 aromatic rings. The predicted octanol–water partition coefficient (Wildman–Crippen LogP) is -1.22. The first-order valence-electron chi connectivity index (χ1n) is 2.10. The second kappa shape index (κ2) is 5.39. The van der Waals surface area contributed by atoms with E-state index in [1.54, 1.807) is 0 Å². The van der Waals surface area contributed by atoms with Crippen molar-refractivity contribution in [3.63, 3.8) is 0 Å². The SMILES string of the molecule is COS(C)(=O)=O.NC(N)=S. The van der Waals surface area contributed by atoms with Crippen LogP contribution in [0.5, 0.6) is 0 Å². The topological polar surface area (TPSA) is 95.4 Å². The first kappa shape index (κ1) is 12.3. The third-order valence-corrected chi connectivity index (χ3v) is 0.908. The average Bonchev–Trinajstić information content (AvgIpc) is 1.63. The van der Waals surface area contributed by atoms with Crippen LogP contribution in [0.1, 0.15) is 0 Å². The van der Waals surface area contributed by atoms with Crippen LogP contribution in [0, 0.1) is 0 Å². The molecule has 0 aliphatic carbocycles. The van der Waals surface area contributed by atoms with Gasteiger partial charge in [0.15, 0.2) is 5.11 Å². The summed E-state index contributed by atoms with van der Waals surface area (Å²) < 4.78 is 23.5. The van der Waals surface area contributed by atoms with Crippen LogP contribution in [0.3, 0.4) is 0 Å². The van der Waals surface area contributed by atoms with Crippen molar-refractivity contribution < 1.29 is 12.6 Å². The maximum absolute atomic E-state index is 9.78. The first-order valence-corrected chi connectivity index (χ1v) is 4.32. The fourth-order valence-electron chi connectivity index (χ4n) is 0. The van der Waals surface area contributed by atoms with Crippen LogP contribution in [-0.2, 0) is 14.3 Å². The molecule has 0 saturated heterocycles. The molecule has 0 atom stereocenters. The van der Waals surface area contributed by atoms with Crippen molar-refractivity contribution in [2.24, 2.45) is 11.5 Å². The van der Waals surface area contributed by atoms with Gasteiger partial charge in [-0.2, -0.15) is 8.42 Å². The summed E-state index contributed by atoms with van der Waals surface area (Å²) in [6.07, 6.45) is 0.993. The van der Waals surface area contributed by atoms with Gasteiger partial charge >= 0.3 is 0 Å². The summed E-state index contributed by atoms with van der Waals surface area (Å²) in [6.45, 7) is 0. The van der Waals surface area contributed by atoms with Gasteiger partial charge in [-0.15, -0.1) is 0 Å². The van der Waals surface area contributed by atoms with Crippen LogP contribution in [0.15, 0.2) is 0 Å². The lowest BCUT2D eigenvalue weighted by Crippen LogP contribution is -2.18. The quantitative estimate of drug-likeness (QED) is 0.394. The van der Waals surface area contributed by atoms with Crippen molar-refractivity contribution >= 4 is 27.4 Å². The molecule has 7 heteroatoms. The molecule has 62 valence electrons. The van der Waals surface area contributed by atoms with E-state index < -0.39 is 10.1 Å². The van der Waals surface area contributed by atoms with E-state index in [1.807, 2.05) is 0 Å². The Morgan fingerprint density at radius 2 is 1.60 bits per heavy atom. The van der Waals surface area contributed by atoms with E-state index >= 15 is 0 Å². The fraction of sp³-hybridized carbons (Fsp3) is 0.667. The summed E-state index contributed by atoms with van der Waals surface area (Å²) in [5.41, 5.74) is 9.24. The van der Waals surface area contributed by atoms with Crippen molar-refractivity contribution in [3.05, 3.63) is 0 Å². The molecule has 0 spiro atoms. The molecule has 0 aromatic heterocycles. The monoisotopic (exact) mass is 186 g/mol. The van der Waals surface area contributed by atoms with Crippen molar-refractivity contribution in [3.8, 4) is 0 Å². The average molecular weight is 186 g/mol. The number of rotatable bonds is 1. The van der Waals surface area contributed by atoms with E-state index in [2.05, 4.69) is 27.9 Å². The number of nitrogens with two attached hydrogens (primary N) is 2. The Bertz CT molecular complexity index is 182. The standard InChI is InChI=1S/C2H6O3S.CH4N2S/c1-5-6(2,3)4;2-1(3)4/h1-2H3;(H4,2,3,4). The Morgan fingerprint density at radius 3 is 1.60 bits per heavy atom. The molecule has 0 rings (SSSR count). The highest BCUT2D eigenvalue weighted by atomic mass is 32.2. The molecule has 5 nitrogen and oxygen atoms in total. The third kappa shape index (κ3) is 49.0. The Balaban J connectivity index is 0. The van der Waals surface area contributed by atoms with Gasteiger partial charge in [0.2, 0.25) is 0 Å². The highest BCUT2D eigenvalue weighted by Gasteiger charge is 1.90. The largest absolute Gasteiger partial charge is 0.377 e. The van der Waals surface area contributed by atoms with E-state index in [9.17, 15) is 8.42 Å². The van der Waals surface area contributed by atoms with Gasteiger partial charge in [0.05, 0.1) is 13.4 Å². The normalized spacial score (nSPS) is 9.40. The molecule has 0 heterocycles. The Morgan fingerprint density at radius 1 is 1.50 bits per heavy atom. The molecule has 0 aromatic carbocycles. The highest BCUT2D eigenvalue weighted by Crippen LogP contribution is 1.75. The summed E-state index contributed by atoms with van der Waals surface area (Å²) in [4.78, 5) is 0. The summed E-state index contributed by atoms with van der Waals surface area (Å²) in [5.74, 6) is 0. The summed E-state index contributed by atoms with van der Waals surface area (Å²) in [6, 6.07) is 0. The minimum absolute atomic E-state index is 0.000000000000000222. The second-order valence-corrected chi connectivity index (χ2v) is 3.49. The molecule has 0 amide bonds. The predicted molar refractivity (Wildman–Crippen MR) is 42.8 cm³/mol. The fourth-order valence-corrected chi connectivity index (χ4v) is 0. The molecule has 0 bridgehead atoms. The van der Waals surface area contributed by atoms with Crippen molar-refractivity contribution in [1.29, 1.82) is 0 Å². The molecule has 10 heavy (non-hydrogen) atoms. The molecule has 4 N–H and O–H groups in total. The first-order chi connectivity index (χ1) is 4.29. The van der Waals surface area contributed by atoms with Crippen LogP contribution in [0.4, 0.5) is 0 Å². The van der Waals surface area contributed by atoms with Gasteiger partial charge in [-0.25, -0.2) is 0 Å². The Hall–Kier alpha value is -0.400. The van der Waals surface area contributed by atoms with Crippen LogP contribution >= 0.6 is 12.2 Å². The Labute approximate surface area is 65.5 Å². The third-order valence-electron chi connectivity index (χ3n) is 0.303. The van der Waals surface area contributed by atoms with E-state index in [4.69, 9.17) is 0 Å².